The monoisotopic (exact) mass is 478 g/mol. The van der Waals surface area contributed by atoms with Gasteiger partial charge in [0.25, 0.3) is 0 Å². The lowest BCUT2D eigenvalue weighted by Crippen LogP contribution is -2.57. The first-order chi connectivity index (χ1) is 15.8. The summed E-state index contributed by atoms with van der Waals surface area (Å²) in [6.07, 6.45) is 1.31. The molecular weight excluding hydrogens is 448 g/mol. The molecule has 3 aliphatic heterocycles. The van der Waals surface area contributed by atoms with Crippen molar-refractivity contribution in [1.29, 1.82) is 0 Å². The molecule has 3 heterocycles. The fourth-order valence-electron chi connectivity index (χ4n) is 5.81. The van der Waals surface area contributed by atoms with Gasteiger partial charge in [-0.15, -0.1) is 0 Å². The average molecular weight is 479 g/mol. The molecule has 9 heteroatoms. The zero-order chi connectivity index (χ0) is 23.9. The minimum atomic E-state index is -1.13. The van der Waals surface area contributed by atoms with Gasteiger partial charge < -0.3 is 24.8 Å². The van der Waals surface area contributed by atoms with E-state index in [0.29, 0.717) is 30.0 Å². The number of likely N-dealkylation sites (tertiary alicyclic amines) is 1. The standard InChI is InChI=1S/C24H31ClN2O6/c1-4-13(3)16(12-28)27-20(21(29)26-15-8-6-14(25)7-9-15)24-11-10-17(33-24)18(19(24)22(27)30)23(31)32-5-2/h6-9,13,16-20,28H,4-5,10-12H2,1-3H3,(H,26,29)/t13-,16-,17-,18+,19-,20?,24?/m0/s1. The Labute approximate surface area is 198 Å². The van der Waals surface area contributed by atoms with Crippen LogP contribution in [0.25, 0.3) is 0 Å². The summed E-state index contributed by atoms with van der Waals surface area (Å²) in [5, 5.41) is 13.7. The highest BCUT2D eigenvalue weighted by Crippen LogP contribution is 2.59. The zero-order valence-corrected chi connectivity index (χ0v) is 19.9. The van der Waals surface area contributed by atoms with E-state index in [1.54, 1.807) is 31.2 Å². The second kappa shape index (κ2) is 9.24. The lowest BCUT2D eigenvalue weighted by Gasteiger charge is -2.38. The Kier molecular flexibility index (Phi) is 6.71. The van der Waals surface area contributed by atoms with Crippen molar-refractivity contribution in [2.75, 3.05) is 18.5 Å². The number of rotatable bonds is 8. The maximum Gasteiger partial charge on any atom is 0.312 e. The van der Waals surface area contributed by atoms with Crippen LogP contribution in [0.4, 0.5) is 5.69 Å². The van der Waals surface area contributed by atoms with E-state index in [0.717, 1.165) is 0 Å². The number of carbonyl (C=O) groups excluding carboxylic acids is 3. The van der Waals surface area contributed by atoms with E-state index in [-0.39, 0.29) is 25.0 Å². The number of benzene rings is 1. The first-order valence-corrected chi connectivity index (χ1v) is 12.0. The van der Waals surface area contributed by atoms with Crippen LogP contribution in [0, 0.1) is 17.8 Å². The van der Waals surface area contributed by atoms with Crippen LogP contribution in [-0.2, 0) is 23.9 Å². The minimum Gasteiger partial charge on any atom is -0.466 e. The Morgan fingerprint density at radius 1 is 1.33 bits per heavy atom. The summed E-state index contributed by atoms with van der Waals surface area (Å²) in [5.41, 5.74) is -0.591. The molecule has 1 spiro atoms. The van der Waals surface area contributed by atoms with Crippen LogP contribution in [0.5, 0.6) is 0 Å². The molecule has 0 aromatic heterocycles. The molecule has 33 heavy (non-hydrogen) atoms. The van der Waals surface area contributed by atoms with Gasteiger partial charge in [-0.2, -0.15) is 0 Å². The van der Waals surface area contributed by atoms with E-state index in [1.807, 2.05) is 13.8 Å². The highest BCUT2D eigenvalue weighted by atomic mass is 35.5. The number of aliphatic hydroxyl groups is 1. The van der Waals surface area contributed by atoms with Gasteiger partial charge in [-0.05, 0) is 49.9 Å². The molecule has 3 fully saturated rings. The number of nitrogens with zero attached hydrogens (tertiary/aromatic N) is 1. The van der Waals surface area contributed by atoms with Crippen molar-refractivity contribution in [3.63, 3.8) is 0 Å². The van der Waals surface area contributed by atoms with Crippen LogP contribution in [-0.4, -0.2) is 64.8 Å². The van der Waals surface area contributed by atoms with Crippen molar-refractivity contribution < 1.29 is 29.0 Å². The highest BCUT2D eigenvalue weighted by molar-refractivity contribution is 6.30. The first-order valence-electron chi connectivity index (χ1n) is 11.6. The van der Waals surface area contributed by atoms with E-state index in [9.17, 15) is 19.5 Å². The third-order valence-corrected chi connectivity index (χ3v) is 7.75. The van der Waals surface area contributed by atoms with E-state index in [2.05, 4.69) is 5.32 Å². The number of anilines is 1. The number of aliphatic hydroxyl groups excluding tert-OH is 1. The van der Waals surface area contributed by atoms with Crippen LogP contribution in [0.3, 0.4) is 0 Å². The van der Waals surface area contributed by atoms with Gasteiger partial charge in [0.15, 0.2) is 0 Å². The maximum absolute atomic E-state index is 13.9. The number of hydrogen-bond acceptors (Lipinski definition) is 6. The van der Waals surface area contributed by atoms with Crippen LogP contribution < -0.4 is 5.32 Å². The van der Waals surface area contributed by atoms with Gasteiger partial charge >= 0.3 is 5.97 Å². The van der Waals surface area contributed by atoms with Gasteiger partial charge in [-0.3, -0.25) is 14.4 Å². The molecule has 180 valence electrons. The van der Waals surface area contributed by atoms with Gasteiger partial charge in [-0.25, -0.2) is 0 Å². The number of nitrogens with one attached hydrogen (secondary N) is 1. The molecule has 3 saturated heterocycles. The van der Waals surface area contributed by atoms with E-state index < -0.39 is 47.5 Å². The third-order valence-electron chi connectivity index (χ3n) is 7.50. The van der Waals surface area contributed by atoms with Gasteiger partial charge in [0.2, 0.25) is 11.8 Å². The molecule has 0 radical (unpaired) electrons. The molecule has 4 rings (SSSR count). The number of hydrogen-bond donors (Lipinski definition) is 2. The summed E-state index contributed by atoms with van der Waals surface area (Å²) in [4.78, 5) is 41.9. The topological polar surface area (TPSA) is 105 Å². The van der Waals surface area contributed by atoms with Gasteiger partial charge in [-0.1, -0.05) is 31.9 Å². The quantitative estimate of drug-likeness (QED) is 0.556. The zero-order valence-electron chi connectivity index (χ0n) is 19.1. The molecule has 1 aromatic rings. The van der Waals surface area contributed by atoms with Crippen molar-refractivity contribution >= 4 is 35.1 Å². The molecule has 0 saturated carbocycles. The lowest BCUT2D eigenvalue weighted by atomic mass is 9.70. The van der Waals surface area contributed by atoms with Crippen molar-refractivity contribution in [2.45, 2.75) is 63.8 Å². The summed E-state index contributed by atoms with van der Waals surface area (Å²) in [6, 6.07) is 5.15. The van der Waals surface area contributed by atoms with E-state index in [4.69, 9.17) is 21.1 Å². The second-order valence-electron chi connectivity index (χ2n) is 9.19. The summed E-state index contributed by atoms with van der Waals surface area (Å²) < 4.78 is 11.6. The Morgan fingerprint density at radius 2 is 2.03 bits per heavy atom. The fraction of sp³-hybridized carbons (Fsp3) is 0.625. The molecule has 7 atom stereocenters. The smallest absolute Gasteiger partial charge is 0.312 e. The van der Waals surface area contributed by atoms with E-state index >= 15 is 0 Å². The highest BCUT2D eigenvalue weighted by Gasteiger charge is 2.75. The van der Waals surface area contributed by atoms with Gasteiger partial charge in [0, 0.05) is 10.7 Å². The number of fused-ring (bicyclic) bond motifs is 1. The van der Waals surface area contributed by atoms with Gasteiger partial charge in [0.05, 0.1) is 37.2 Å². The predicted molar refractivity (Wildman–Crippen MR) is 121 cm³/mol. The largest absolute Gasteiger partial charge is 0.466 e. The Bertz CT molecular complexity index is 924. The molecular formula is C24H31ClN2O6. The first kappa shape index (κ1) is 24.0. The average Bonchev–Trinajstić information content (AvgIpc) is 3.43. The number of ether oxygens (including phenoxy) is 2. The van der Waals surface area contributed by atoms with E-state index in [1.165, 1.54) is 4.90 Å². The fourth-order valence-corrected chi connectivity index (χ4v) is 5.94. The summed E-state index contributed by atoms with van der Waals surface area (Å²) in [6.45, 7) is 5.54. The molecule has 2 N–H and O–H groups in total. The summed E-state index contributed by atoms with van der Waals surface area (Å²) in [7, 11) is 0. The third kappa shape index (κ3) is 3.82. The number of halogens is 1. The number of carbonyl (C=O) groups is 3. The number of amides is 2. The van der Waals surface area contributed by atoms with Crippen molar-refractivity contribution in [2.24, 2.45) is 17.8 Å². The molecule has 2 unspecified atom stereocenters. The molecule has 8 nitrogen and oxygen atoms in total. The molecule has 0 aliphatic carbocycles. The van der Waals surface area contributed by atoms with Crippen LogP contribution in [0.2, 0.25) is 5.02 Å². The van der Waals surface area contributed by atoms with Crippen LogP contribution >= 0.6 is 11.6 Å². The van der Waals surface area contributed by atoms with Crippen molar-refractivity contribution in [3.05, 3.63) is 29.3 Å². The summed E-state index contributed by atoms with van der Waals surface area (Å²) >= 11 is 5.97. The van der Waals surface area contributed by atoms with Crippen LogP contribution in [0.1, 0.15) is 40.0 Å². The molecule has 2 amide bonds. The minimum absolute atomic E-state index is 0.0572. The maximum atomic E-state index is 13.9. The predicted octanol–water partition coefficient (Wildman–Crippen LogP) is 2.62. The molecule has 2 bridgehead atoms. The summed E-state index contributed by atoms with van der Waals surface area (Å²) in [5.74, 6) is -2.82. The van der Waals surface area contributed by atoms with Crippen LogP contribution in [0.15, 0.2) is 24.3 Å². The second-order valence-corrected chi connectivity index (χ2v) is 9.62. The molecule has 3 aliphatic rings. The Hall–Kier alpha value is -2.16. The lowest BCUT2D eigenvalue weighted by molar-refractivity contribution is -0.155. The SMILES string of the molecule is CCOC(=O)[C@@H]1[C@@H]2CCC3(O2)C(C(=O)Nc2ccc(Cl)cc2)N([C@@H](CO)[C@@H](C)CC)C(=O)[C@H]13. The molecule has 1 aromatic carbocycles. The van der Waals surface area contributed by atoms with Gasteiger partial charge in [0.1, 0.15) is 11.6 Å². The Morgan fingerprint density at radius 3 is 2.64 bits per heavy atom. The van der Waals surface area contributed by atoms with Crippen molar-refractivity contribution in [3.8, 4) is 0 Å². The van der Waals surface area contributed by atoms with Crippen molar-refractivity contribution in [1.82, 2.24) is 4.90 Å². The Balaban J connectivity index is 1.75. The normalized spacial score (nSPS) is 31.9. The number of esters is 1.